The average Bonchev–Trinajstić information content (AvgIpc) is 2.95. The van der Waals surface area contributed by atoms with Crippen LogP contribution in [0.4, 0.5) is 14.5 Å². The molecule has 3 aromatic rings. The van der Waals surface area contributed by atoms with Crippen molar-refractivity contribution in [1.82, 2.24) is 9.71 Å². The molecule has 11 nitrogen and oxygen atoms in total. The summed E-state index contributed by atoms with van der Waals surface area (Å²) in [6.07, 6.45) is 5.06. The third-order valence-corrected chi connectivity index (χ3v) is 9.59. The Labute approximate surface area is 258 Å². The summed E-state index contributed by atoms with van der Waals surface area (Å²) in [6.45, 7) is 3.43. The highest BCUT2D eigenvalue weighted by molar-refractivity contribution is 7.89. The zero-order valence-corrected chi connectivity index (χ0v) is 24.9. The molecule has 2 atom stereocenters. The van der Waals surface area contributed by atoms with Crippen LogP contribution in [0.3, 0.4) is 0 Å². The lowest BCUT2D eigenvalue weighted by Crippen LogP contribution is -3.22. The summed E-state index contributed by atoms with van der Waals surface area (Å²) in [6, 6.07) is 14.5. The number of nitrogens with one attached hydrogen (secondary N) is 2. The number of halogens is 2. The summed E-state index contributed by atoms with van der Waals surface area (Å²) in [5.74, 6) is -3.13. The number of sulfonamides is 1. The summed E-state index contributed by atoms with van der Waals surface area (Å²) in [7, 11) is -3.93. The SMILES string of the molecule is O=C([O-])/C=C/C(=O)O.O=S(=O)(NC1CN(c2cc3c(cc2F)OC[C@@H]([NH+]2CCC2)[C@H]3Cc2ccccc2)C1)c1cncc(F)c1. The molecule has 14 heteroatoms. The molecule has 1 aromatic heterocycles. The molecule has 0 radical (unpaired) electrons. The van der Waals surface area contributed by atoms with Gasteiger partial charge in [-0.2, -0.15) is 0 Å². The molecule has 0 spiro atoms. The van der Waals surface area contributed by atoms with Crippen LogP contribution in [-0.4, -0.2) is 75.3 Å². The number of carbonyl (C=O) groups excluding carboxylic acids is 1. The van der Waals surface area contributed by atoms with Crippen LogP contribution in [0.25, 0.3) is 0 Å². The highest BCUT2D eigenvalue weighted by Crippen LogP contribution is 2.40. The Hall–Kier alpha value is -4.40. The first-order valence-electron chi connectivity index (χ1n) is 14.3. The Kier molecular flexibility index (Phi) is 9.75. The second-order valence-electron chi connectivity index (χ2n) is 11.1. The van der Waals surface area contributed by atoms with Crippen molar-refractivity contribution in [3.63, 3.8) is 0 Å². The number of pyridine rings is 1. The number of quaternary nitrogens is 1. The van der Waals surface area contributed by atoms with Crippen LogP contribution in [0.1, 0.15) is 23.5 Å². The molecule has 3 N–H and O–H groups in total. The van der Waals surface area contributed by atoms with Crippen LogP contribution in [0.15, 0.2) is 78.0 Å². The maximum atomic E-state index is 15.2. The molecule has 0 aliphatic carbocycles. The highest BCUT2D eigenvalue weighted by atomic mass is 32.2. The fourth-order valence-electron chi connectivity index (χ4n) is 5.72. The first-order valence-corrected chi connectivity index (χ1v) is 15.8. The van der Waals surface area contributed by atoms with Crippen molar-refractivity contribution in [1.29, 1.82) is 0 Å². The maximum absolute atomic E-state index is 15.2. The fourth-order valence-corrected chi connectivity index (χ4v) is 6.91. The van der Waals surface area contributed by atoms with Crippen molar-refractivity contribution in [3.05, 3.63) is 95.8 Å². The zero-order chi connectivity index (χ0) is 32.1. The minimum absolute atomic E-state index is 0.192. The lowest BCUT2D eigenvalue weighted by atomic mass is 9.82. The average molecular weight is 643 g/mol. The van der Waals surface area contributed by atoms with E-state index in [1.807, 2.05) is 29.2 Å². The van der Waals surface area contributed by atoms with Crippen molar-refractivity contribution in [2.24, 2.45) is 0 Å². The van der Waals surface area contributed by atoms with Crippen LogP contribution in [0, 0.1) is 11.6 Å². The number of fused-ring (bicyclic) bond motifs is 1. The van der Waals surface area contributed by atoms with Gasteiger partial charge in [-0.1, -0.05) is 30.3 Å². The predicted octanol–water partition coefficient (Wildman–Crippen LogP) is 0.280. The number of carboxylic acids is 2. The number of carbonyl (C=O) groups is 2. The third kappa shape index (κ3) is 7.82. The number of aromatic nitrogens is 1. The van der Waals surface area contributed by atoms with E-state index >= 15 is 4.39 Å². The number of nitrogens with zero attached hydrogens (tertiary/aromatic N) is 2. The molecule has 3 aliphatic heterocycles. The Bertz CT molecular complexity index is 1660. The summed E-state index contributed by atoms with van der Waals surface area (Å²) < 4.78 is 62.5. The number of carboxylic acid groups (broad SMARTS) is 2. The van der Waals surface area contributed by atoms with Crippen LogP contribution in [0.2, 0.25) is 0 Å². The largest absolute Gasteiger partial charge is 0.545 e. The number of benzene rings is 2. The molecule has 45 heavy (non-hydrogen) atoms. The Balaban J connectivity index is 0.000000444. The minimum Gasteiger partial charge on any atom is -0.545 e. The Morgan fingerprint density at radius 1 is 1.11 bits per heavy atom. The lowest BCUT2D eigenvalue weighted by Gasteiger charge is -2.44. The maximum Gasteiger partial charge on any atom is 0.328 e. The van der Waals surface area contributed by atoms with Gasteiger partial charge in [0.05, 0.1) is 37.0 Å². The molecule has 0 saturated carbocycles. The van der Waals surface area contributed by atoms with E-state index in [0.717, 1.165) is 43.5 Å². The Morgan fingerprint density at radius 2 is 1.84 bits per heavy atom. The van der Waals surface area contributed by atoms with E-state index in [1.54, 1.807) is 0 Å². The molecule has 0 bridgehead atoms. The standard InChI is InChI=1S/C27H28F2N4O3S.C4H4O4/c28-19-10-21(14-30-13-19)37(34,35)31-20-15-33(16-20)25-11-23-22(9-18-5-2-1-3-6-18)26(32-7-4-8-32)17-36-27(23)12-24(25)29;5-3(6)1-2-4(7)8/h1-3,5-6,10-14,20,22,26,31H,4,7-9,15-17H2;1-2H,(H,5,6)(H,7,8)/b;2-1+/t22-,26+;/m0./s1. The molecule has 0 amide bonds. The monoisotopic (exact) mass is 642 g/mol. The van der Waals surface area contributed by atoms with Gasteiger partial charge in [0.15, 0.2) is 0 Å². The van der Waals surface area contributed by atoms with E-state index in [1.165, 1.54) is 23.0 Å². The van der Waals surface area contributed by atoms with Crippen molar-refractivity contribution < 1.29 is 46.6 Å². The topological polar surface area (TPSA) is 153 Å². The van der Waals surface area contributed by atoms with Crippen molar-refractivity contribution in [3.8, 4) is 5.75 Å². The number of ether oxygens (including phenoxy) is 1. The van der Waals surface area contributed by atoms with Gasteiger partial charge in [0, 0.05) is 49.3 Å². The fraction of sp³-hybridized carbons (Fsp3) is 0.323. The van der Waals surface area contributed by atoms with E-state index in [2.05, 4.69) is 21.8 Å². The number of rotatable bonds is 9. The van der Waals surface area contributed by atoms with E-state index in [4.69, 9.17) is 9.84 Å². The number of hydrogen-bond acceptors (Lipinski definition) is 8. The van der Waals surface area contributed by atoms with Crippen LogP contribution < -0.4 is 24.4 Å². The second kappa shape index (κ2) is 13.7. The van der Waals surface area contributed by atoms with Gasteiger partial charge < -0.3 is 29.5 Å². The van der Waals surface area contributed by atoms with E-state index < -0.39 is 33.8 Å². The quantitative estimate of drug-likeness (QED) is 0.280. The molecule has 3 aliphatic rings. The zero-order valence-electron chi connectivity index (χ0n) is 24.1. The Morgan fingerprint density at radius 3 is 2.44 bits per heavy atom. The molecule has 2 aromatic carbocycles. The summed E-state index contributed by atoms with van der Waals surface area (Å²) in [5.41, 5.74) is 2.69. The van der Waals surface area contributed by atoms with Crippen molar-refractivity contribution in [2.45, 2.75) is 35.7 Å². The van der Waals surface area contributed by atoms with E-state index in [-0.39, 0.29) is 16.6 Å². The normalized spacial score (nSPS) is 19.8. The van der Waals surface area contributed by atoms with E-state index in [0.29, 0.717) is 49.3 Å². The molecular weight excluding hydrogens is 610 g/mol. The summed E-state index contributed by atoms with van der Waals surface area (Å²) in [4.78, 5) is 25.7. The number of hydrogen-bond donors (Lipinski definition) is 3. The molecule has 4 heterocycles. The lowest BCUT2D eigenvalue weighted by molar-refractivity contribution is -0.964. The van der Waals surface area contributed by atoms with Crippen molar-refractivity contribution in [2.75, 3.05) is 37.7 Å². The van der Waals surface area contributed by atoms with Gasteiger partial charge >= 0.3 is 5.97 Å². The molecule has 2 fully saturated rings. The molecule has 6 rings (SSSR count). The number of anilines is 1. The van der Waals surface area contributed by atoms with Gasteiger partial charge in [0.2, 0.25) is 10.0 Å². The number of aliphatic carboxylic acids is 2. The van der Waals surface area contributed by atoms with Gasteiger partial charge in [-0.25, -0.2) is 26.7 Å². The first kappa shape index (κ1) is 32.0. The van der Waals surface area contributed by atoms with Crippen LogP contribution >= 0.6 is 0 Å². The molecule has 2 saturated heterocycles. The predicted molar refractivity (Wildman–Crippen MR) is 156 cm³/mol. The third-order valence-electron chi connectivity index (χ3n) is 8.10. The van der Waals surface area contributed by atoms with Gasteiger partial charge in [0.1, 0.15) is 34.9 Å². The van der Waals surface area contributed by atoms with Gasteiger partial charge in [0.25, 0.3) is 0 Å². The van der Waals surface area contributed by atoms with Crippen LogP contribution in [-0.2, 0) is 26.0 Å². The summed E-state index contributed by atoms with van der Waals surface area (Å²) in [5, 5.41) is 17.2. The van der Waals surface area contributed by atoms with Gasteiger partial charge in [-0.05, 0) is 30.2 Å². The number of likely N-dealkylation sites (tertiary alicyclic amines) is 1. The first-order chi connectivity index (χ1) is 21.5. The van der Waals surface area contributed by atoms with Crippen molar-refractivity contribution >= 4 is 27.6 Å². The molecule has 0 unspecified atom stereocenters. The second-order valence-corrected chi connectivity index (χ2v) is 12.8. The van der Waals surface area contributed by atoms with E-state index in [9.17, 15) is 27.5 Å². The minimum atomic E-state index is -3.93. The highest BCUT2D eigenvalue weighted by Gasteiger charge is 2.42. The summed E-state index contributed by atoms with van der Waals surface area (Å²) >= 11 is 0. The molecular formula is C31H32F2N4O7S. The smallest absolute Gasteiger partial charge is 0.328 e. The molecule has 238 valence electrons. The van der Waals surface area contributed by atoms with Gasteiger partial charge in [-0.15, -0.1) is 0 Å². The van der Waals surface area contributed by atoms with Gasteiger partial charge in [-0.3, -0.25) is 4.98 Å². The van der Waals surface area contributed by atoms with Crippen LogP contribution in [0.5, 0.6) is 5.75 Å².